The molecule has 0 bridgehead atoms. The number of amides is 1. The molecule has 0 saturated carbocycles. The lowest BCUT2D eigenvalue weighted by Crippen LogP contribution is -2.29. The fourth-order valence-corrected chi connectivity index (χ4v) is 1.83. The summed E-state index contributed by atoms with van der Waals surface area (Å²) in [4.78, 5) is 11.8. The summed E-state index contributed by atoms with van der Waals surface area (Å²) in [6.07, 6.45) is 2.96. The molecular formula is C13H16N2O3. The highest BCUT2D eigenvalue weighted by molar-refractivity contribution is 5.97. The minimum absolute atomic E-state index is 0.0426. The number of carbonyl (C=O) groups excluding carboxylic acids is 1. The lowest BCUT2D eigenvalue weighted by molar-refractivity contribution is 0.0953. The zero-order valence-electron chi connectivity index (χ0n) is 9.94. The summed E-state index contributed by atoms with van der Waals surface area (Å²) in [6.45, 7) is 2.21. The van der Waals surface area contributed by atoms with Gasteiger partial charge in [0.2, 0.25) is 0 Å². The van der Waals surface area contributed by atoms with E-state index in [9.17, 15) is 15.0 Å². The van der Waals surface area contributed by atoms with E-state index < -0.39 is 0 Å². The minimum atomic E-state index is -0.386. The number of rotatable bonds is 3. The molecular weight excluding hydrogens is 232 g/mol. The molecule has 18 heavy (non-hydrogen) atoms. The minimum Gasteiger partial charge on any atom is -0.508 e. The molecule has 0 atom stereocenters. The highest BCUT2D eigenvalue weighted by atomic mass is 16.3. The Morgan fingerprint density at radius 2 is 2.22 bits per heavy atom. The number of carbonyl (C=O) groups is 1. The Labute approximate surface area is 105 Å². The van der Waals surface area contributed by atoms with Crippen molar-refractivity contribution in [1.82, 2.24) is 10.6 Å². The van der Waals surface area contributed by atoms with Crippen LogP contribution in [-0.2, 0) is 0 Å². The van der Waals surface area contributed by atoms with E-state index in [1.807, 2.05) is 6.08 Å². The van der Waals surface area contributed by atoms with Crippen molar-refractivity contribution in [3.05, 3.63) is 35.4 Å². The summed E-state index contributed by atoms with van der Waals surface area (Å²) in [7, 11) is 0. The molecule has 0 spiro atoms. The number of phenols is 2. The van der Waals surface area contributed by atoms with Crippen molar-refractivity contribution in [2.45, 2.75) is 6.42 Å². The fraction of sp³-hybridized carbons (Fsp3) is 0.308. The summed E-state index contributed by atoms with van der Waals surface area (Å²) >= 11 is 0. The summed E-state index contributed by atoms with van der Waals surface area (Å²) in [5, 5.41) is 24.8. The first-order valence-electron chi connectivity index (χ1n) is 5.85. The molecule has 0 unspecified atom stereocenters. The van der Waals surface area contributed by atoms with Gasteiger partial charge in [-0.2, -0.15) is 0 Å². The zero-order chi connectivity index (χ0) is 13.0. The quantitative estimate of drug-likeness (QED) is 0.470. The molecule has 0 radical (unpaired) electrons. The van der Waals surface area contributed by atoms with Crippen LogP contribution in [0.1, 0.15) is 16.8 Å². The molecule has 1 aliphatic heterocycles. The van der Waals surface area contributed by atoms with E-state index in [0.29, 0.717) is 6.54 Å². The molecule has 1 amide bonds. The van der Waals surface area contributed by atoms with Crippen molar-refractivity contribution in [3.63, 3.8) is 0 Å². The summed E-state index contributed by atoms with van der Waals surface area (Å²) in [5.74, 6) is -0.563. The maximum Gasteiger partial charge on any atom is 0.255 e. The van der Waals surface area contributed by atoms with Crippen molar-refractivity contribution in [3.8, 4) is 11.5 Å². The number of nitrogens with one attached hydrogen (secondary N) is 2. The van der Waals surface area contributed by atoms with Crippen LogP contribution in [0.3, 0.4) is 0 Å². The van der Waals surface area contributed by atoms with Gasteiger partial charge in [0.25, 0.3) is 5.91 Å². The van der Waals surface area contributed by atoms with Gasteiger partial charge in [-0.1, -0.05) is 11.6 Å². The molecule has 0 aliphatic carbocycles. The van der Waals surface area contributed by atoms with E-state index >= 15 is 0 Å². The van der Waals surface area contributed by atoms with Crippen LogP contribution in [-0.4, -0.2) is 35.8 Å². The van der Waals surface area contributed by atoms with Gasteiger partial charge in [0, 0.05) is 13.1 Å². The molecule has 96 valence electrons. The number of benzene rings is 1. The molecule has 1 aliphatic rings. The van der Waals surface area contributed by atoms with Crippen LogP contribution in [0.5, 0.6) is 11.5 Å². The summed E-state index contributed by atoms with van der Waals surface area (Å²) < 4.78 is 0. The van der Waals surface area contributed by atoms with E-state index in [4.69, 9.17) is 0 Å². The lowest BCUT2D eigenvalue weighted by atomic mass is 10.1. The molecule has 0 fully saturated rings. The molecule has 0 saturated heterocycles. The predicted molar refractivity (Wildman–Crippen MR) is 67.7 cm³/mol. The summed E-state index contributed by atoms with van der Waals surface area (Å²) in [5.41, 5.74) is 1.26. The second-order valence-corrected chi connectivity index (χ2v) is 4.20. The first kappa shape index (κ1) is 12.4. The van der Waals surface area contributed by atoms with E-state index in [0.717, 1.165) is 19.5 Å². The predicted octanol–water partition coefficient (Wildman–Crippen LogP) is 0.747. The molecule has 1 aromatic rings. The molecule has 5 nitrogen and oxygen atoms in total. The molecule has 0 aromatic heterocycles. The Balaban J connectivity index is 1.99. The monoisotopic (exact) mass is 248 g/mol. The largest absolute Gasteiger partial charge is 0.508 e. The van der Waals surface area contributed by atoms with E-state index in [1.165, 1.54) is 23.8 Å². The third kappa shape index (κ3) is 3.01. The van der Waals surface area contributed by atoms with Gasteiger partial charge < -0.3 is 20.8 Å². The summed E-state index contributed by atoms with van der Waals surface area (Å²) in [6, 6.07) is 3.89. The third-order valence-corrected chi connectivity index (χ3v) is 2.86. The molecule has 1 aromatic carbocycles. The zero-order valence-corrected chi connectivity index (χ0v) is 9.94. The van der Waals surface area contributed by atoms with Crippen LogP contribution < -0.4 is 10.6 Å². The van der Waals surface area contributed by atoms with Crippen LogP contribution >= 0.6 is 0 Å². The highest BCUT2D eigenvalue weighted by Gasteiger charge is 2.12. The SMILES string of the molecule is O=C(NCC1=CCNCC1)c1cc(O)ccc1O. The van der Waals surface area contributed by atoms with Crippen molar-refractivity contribution in [2.24, 2.45) is 0 Å². The standard InChI is InChI=1S/C13H16N2O3/c16-10-1-2-12(17)11(7-10)13(18)15-8-9-3-5-14-6-4-9/h1-3,7,14,16-17H,4-6,8H2,(H,15,18). The lowest BCUT2D eigenvalue weighted by Gasteiger charge is -2.14. The Morgan fingerprint density at radius 1 is 1.39 bits per heavy atom. The second-order valence-electron chi connectivity index (χ2n) is 4.20. The molecule has 4 N–H and O–H groups in total. The molecule has 5 heteroatoms. The van der Waals surface area contributed by atoms with E-state index in [-0.39, 0.29) is 23.0 Å². The maximum absolute atomic E-state index is 11.8. The number of hydrogen-bond donors (Lipinski definition) is 4. The van der Waals surface area contributed by atoms with Gasteiger partial charge in [-0.05, 0) is 31.2 Å². The van der Waals surface area contributed by atoms with Crippen molar-refractivity contribution in [1.29, 1.82) is 0 Å². The number of phenolic OH excluding ortho intramolecular Hbond substituents is 2. The molecule has 1 heterocycles. The first-order valence-corrected chi connectivity index (χ1v) is 5.85. The third-order valence-electron chi connectivity index (χ3n) is 2.86. The van der Waals surface area contributed by atoms with Crippen LogP contribution in [0.25, 0.3) is 0 Å². The average molecular weight is 248 g/mol. The number of hydrogen-bond acceptors (Lipinski definition) is 4. The van der Waals surface area contributed by atoms with Gasteiger partial charge in [-0.25, -0.2) is 0 Å². The molecule has 2 rings (SSSR count). The van der Waals surface area contributed by atoms with Crippen LogP contribution in [0.15, 0.2) is 29.8 Å². The Hall–Kier alpha value is -2.01. The van der Waals surface area contributed by atoms with Gasteiger partial charge in [0.15, 0.2) is 0 Å². The second kappa shape index (κ2) is 5.55. The van der Waals surface area contributed by atoms with Gasteiger partial charge in [-0.3, -0.25) is 4.79 Å². The van der Waals surface area contributed by atoms with E-state index in [2.05, 4.69) is 10.6 Å². The van der Waals surface area contributed by atoms with Crippen LogP contribution in [0, 0.1) is 0 Å². The van der Waals surface area contributed by atoms with Crippen molar-refractivity contribution >= 4 is 5.91 Å². The van der Waals surface area contributed by atoms with Gasteiger partial charge >= 0.3 is 0 Å². The van der Waals surface area contributed by atoms with Gasteiger partial charge in [0.1, 0.15) is 11.5 Å². The smallest absolute Gasteiger partial charge is 0.255 e. The van der Waals surface area contributed by atoms with Crippen LogP contribution in [0.2, 0.25) is 0 Å². The van der Waals surface area contributed by atoms with Crippen molar-refractivity contribution in [2.75, 3.05) is 19.6 Å². The van der Waals surface area contributed by atoms with Gasteiger partial charge in [0.05, 0.1) is 5.56 Å². The number of aromatic hydroxyl groups is 2. The topological polar surface area (TPSA) is 81.6 Å². The van der Waals surface area contributed by atoms with Crippen LogP contribution in [0.4, 0.5) is 0 Å². The first-order chi connectivity index (χ1) is 8.66. The Bertz CT molecular complexity index is 483. The maximum atomic E-state index is 11.8. The highest BCUT2D eigenvalue weighted by Crippen LogP contribution is 2.21. The normalized spacial score (nSPS) is 15.0. The average Bonchev–Trinajstić information content (AvgIpc) is 2.40. The van der Waals surface area contributed by atoms with Crippen molar-refractivity contribution < 1.29 is 15.0 Å². The van der Waals surface area contributed by atoms with Gasteiger partial charge in [-0.15, -0.1) is 0 Å². The Morgan fingerprint density at radius 3 is 2.94 bits per heavy atom. The van der Waals surface area contributed by atoms with E-state index in [1.54, 1.807) is 0 Å². The fourth-order valence-electron chi connectivity index (χ4n) is 1.83. The Kier molecular flexibility index (Phi) is 3.84.